The molecule has 1 aliphatic rings. The molecule has 1 fully saturated rings. The zero-order valence-electron chi connectivity index (χ0n) is 12.7. The minimum absolute atomic E-state index is 0.176. The molecule has 0 aromatic carbocycles. The number of fused-ring (bicyclic) bond motifs is 1. The van der Waals surface area contributed by atoms with Crippen LogP contribution in [-0.2, 0) is 4.79 Å². The van der Waals surface area contributed by atoms with Crippen molar-refractivity contribution in [3.63, 3.8) is 0 Å². The summed E-state index contributed by atoms with van der Waals surface area (Å²) < 4.78 is 0. The van der Waals surface area contributed by atoms with E-state index in [1.807, 2.05) is 4.90 Å². The normalized spacial score (nSPS) is 22.2. The van der Waals surface area contributed by atoms with Crippen LogP contribution in [-0.4, -0.2) is 44.6 Å². The molecule has 2 aromatic rings. The first-order valence-electron chi connectivity index (χ1n) is 7.43. The number of hydrogen-bond donors (Lipinski definition) is 1. The second kappa shape index (κ2) is 6.46. The molecular weight excluding hydrogens is 320 g/mol. The van der Waals surface area contributed by atoms with Gasteiger partial charge in [0, 0.05) is 19.3 Å². The number of halogens is 1. The number of imidazole rings is 1. The third-order valence-corrected chi connectivity index (χ3v) is 4.90. The molecule has 2 aromatic heterocycles. The molecule has 0 bridgehead atoms. The number of hydrogen-bond acceptors (Lipinski definition) is 4. The van der Waals surface area contributed by atoms with Crippen molar-refractivity contribution in [2.75, 3.05) is 18.8 Å². The van der Waals surface area contributed by atoms with Crippen molar-refractivity contribution in [2.24, 2.45) is 11.8 Å². The Hall–Kier alpha value is -1.27. The summed E-state index contributed by atoms with van der Waals surface area (Å²) in [6.45, 7) is 6.14. The summed E-state index contributed by atoms with van der Waals surface area (Å²) in [5.74, 6) is 1.73. The van der Waals surface area contributed by atoms with Crippen molar-refractivity contribution in [3.8, 4) is 0 Å². The van der Waals surface area contributed by atoms with Crippen LogP contribution in [0.5, 0.6) is 0 Å². The van der Waals surface area contributed by atoms with E-state index in [-0.39, 0.29) is 5.91 Å². The maximum Gasteiger partial charge on any atom is 0.233 e. The van der Waals surface area contributed by atoms with Gasteiger partial charge >= 0.3 is 0 Å². The zero-order chi connectivity index (χ0) is 15.7. The van der Waals surface area contributed by atoms with Crippen molar-refractivity contribution in [1.82, 2.24) is 19.9 Å². The van der Waals surface area contributed by atoms with Crippen LogP contribution in [0.2, 0.25) is 5.02 Å². The SMILES string of the molecule is C[C@@H]1C[C@H](C)CN(C(=O)CSc2nc3ncc(Cl)cc3[nH]2)C1. The van der Waals surface area contributed by atoms with Gasteiger partial charge in [0.15, 0.2) is 10.8 Å². The smallest absolute Gasteiger partial charge is 0.233 e. The number of amides is 1. The van der Waals surface area contributed by atoms with E-state index in [1.54, 1.807) is 12.3 Å². The molecule has 118 valence electrons. The average molecular weight is 339 g/mol. The van der Waals surface area contributed by atoms with Crippen molar-refractivity contribution < 1.29 is 4.79 Å². The summed E-state index contributed by atoms with van der Waals surface area (Å²) >= 11 is 7.32. The average Bonchev–Trinajstić information content (AvgIpc) is 2.85. The molecule has 3 rings (SSSR count). The number of H-pyrrole nitrogens is 1. The summed E-state index contributed by atoms with van der Waals surface area (Å²) in [6, 6.07) is 1.79. The lowest BCUT2D eigenvalue weighted by molar-refractivity contribution is -0.130. The van der Waals surface area contributed by atoms with Crippen LogP contribution in [0.3, 0.4) is 0 Å². The number of carbonyl (C=O) groups excluding carboxylic acids is 1. The van der Waals surface area contributed by atoms with Gasteiger partial charge in [-0.1, -0.05) is 37.2 Å². The van der Waals surface area contributed by atoms with Gasteiger partial charge in [0.25, 0.3) is 0 Å². The third kappa shape index (κ3) is 3.55. The summed E-state index contributed by atoms with van der Waals surface area (Å²) in [4.78, 5) is 26.0. The summed E-state index contributed by atoms with van der Waals surface area (Å²) in [7, 11) is 0. The number of nitrogens with one attached hydrogen (secondary N) is 1. The molecule has 1 aliphatic heterocycles. The minimum atomic E-state index is 0.176. The van der Waals surface area contributed by atoms with Crippen LogP contribution >= 0.6 is 23.4 Å². The molecule has 7 heteroatoms. The lowest BCUT2D eigenvalue weighted by Crippen LogP contribution is -2.43. The predicted octanol–water partition coefficient (Wildman–Crippen LogP) is 3.21. The molecule has 1 amide bonds. The Morgan fingerprint density at radius 1 is 1.45 bits per heavy atom. The van der Waals surface area contributed by atoms with E-state index in [0.717, 1.165) is 18.6 Å². The molecule has 0 unspecified atom stereocenters. The van der Waals surface area contributed by atoms with Gasteiger partial charge in [0.05, 0.1) is 16.3 Å². The molecule has 1 saturated heterocycles. The quantitative estimate of drug-likeness (QED) is 0.873. The standard InChI is InChI=1S/C15H19ClN4OS/c1-9-3-10(2)7-20(6-9)13(21)8-22-15-18-12-4-11(16)5-17-14(12)19-15/h4-5,9-10H,3,6-8H2,1-2H3,(H,17,18,19)/t9-,10+. The van der Waals surface area contributed by atoms with Crippen molar-refractivity contribution in [3.05, 3.63) is 17.3 Å². The monoisotopic (exact) mass is 338 g/mol. The Kier molecular flexibility index (Phi) is 4.59. The summed E-state index contributed by atoms with van der Waals surface area (Å²) in [5.41, 5.74) is 1.42. The first-order valence-corrected chi connectivity index (χ1v) is 8.79. The maximum absolute atomic E-state index is 12.4. The van der Waals surface area contributed by atoms with Crippen molar-refractivity contribution in [1.29, 1.82) is 0 Å². The first-order chi connectivity index (χ1) is 10.5. The number of aromatic amines is 1. The van der Waals surface area contributed by atoms with E-state index < -0.39 is 0 Å². The lowest BCUT2D eigenvalue weighted by Gasteiger charge is -2.34. The fourth-order valence-electron chi connectivity index (χ4n) is 3.01. The highest BCUT2D eigenvalue weighted by Crippen LogP contribution is 2.24. The van der Waals surface area contributed by atoms with Gasteiger partial charge < -0.3 is 9.88 Å². The van der Waals surface area contributed by atoms with Gasteiger partial charge in [0.1, 0.15) is 0 Å². The van der Waals surface area contributed by atoms with Gasteiger partial charge in [-0.05, 0) is 24.3 Å². The molecule has 0 radical (unpaired) electrons. The number of thioether (sulfide) groups is 1. The Bertz CT molecular complexity index is 679. The van der Waals surface area contributed by atoms with Crippen molar-refractivity contribution >= 4 is 40.4 Å². The first kappa shape index (κ1) is 15.6. The fourth-order valence-corrected chi connectivity index (χ4v) is 3.94. The molecular formula is C15H19ClN4OS. The third-order valence-electron chi connectivity index (χ3n) is 3.84. The Labute approximate surface area is 138 Å². The number of nitrogens with zero attached hydrogens (tertiary/aromatic N) is 3. The number of carbonyl (C=O) groups is 1. The van der Waals surface area contributed by atoms with E-state index >= 15 is 0 Å². The van der Waals surface area contributed by atoms with Crippen LogP contribution in [0.15, 0.2) is 17.4 Å². The van der Waals surface area contributed by atoms with Crippen LogP contribution in [0.1, 0.15) is 20.3 Å². The molecule has 22 heavy (non-hydrogen) atoms. The van der Waals surface area contributed by atoms with E-state index in [4.69, 9.17) is 11.6 Å². The maximum atomic E-state index is 12.4. The van der Waals surface area contributed by atoms with Crippen LogP contribution in [0.4, 0.5) is 0 Å². The highest BCUT2D eigenvalue weighted by atomic mass is 35.5. The molecule has 3 heterocycles. The number of pyridine rings is 1. The molecule has 2 atom stereocenters. The topological polar surface area (TPSA) is 61.9 Å². The largest absolute Gasteiger partial charge is 0.341 e. The highest BCUT2D eigenvalue weighted by Gasteiger charge is 2.25. The highest BCUT2D eigenvalue weighted by molar-refractivity contribution is 7.99. The van der Waals surface area contributed by atoms with Gasteiger partial charge in [-0.2, -0.15) is 0 Å². The van der Waals surface area contributed by atoms with Crippen LogP contribution in [0.25, 0.3) is 11.2 Å². The van der Waals surface area contributed by atoms with E-state index in [1.165, 1.54) is 18.2 Å². The van der Waals surface area contributed by atoms with Gasteiger partial charge in [-0.3, -0.25) is 4.79 Å². The summed E-state index contributed by atoms with van der Waals surface area (Å²) in [6.07, 6.45) is 2.77. The van der Waals surface area contributed by atoms with Crippen molar-refractivity contribution in [2.45, 2.75) is 25.4 Å². The minimum Gasteiger partial charge on any atom is -0.341 e. The van der Waals surface area contributed by atoms with Crippen LogP contribution < -0.4 is 0 Å². The van der Waals surface area contributed by atoms with Gasteiger partial charge in [-0.15, -0.1) is 0 Å². The Balaban J connectivity index is 1.62. The van der Waals surface area contributed by atoms with E-state index in [9.17, 15) is 4.79 Å². The fraction of sp³-hybridized carbons (Fsp3) is 0.533. The molecule has 0 saturated carbocycles. The lowest BCUT2D eigenvalue weighted by atomic mass is 9.92. The molecule has 0 aliphatic carbocycles. The number of piperidine rings is 1. The second-order valence-electron chi connectivity index (χ2n) is 6.10. The number of aromatic nitrogens is 3. The predicted molar refractivity (Wildman–Crippen MR) is 89.1 cm³/mol. The second-order valence-corrected chi connectivity index (χ2v) is 7.50. The zero-order valence-corrected chi connectivity index (χ0v) is 14.2. The number of likely N-dealkylation sites (tertiary alicyclic amines) is 1. The van der Waals surface area contributed by atoms with Gasteiger partial charge in [-0.25, -0.2) is 9.97 Å². The Morgan fingerprint density at radius 3 is 2.91 bits per heavy atom. The van der Waals surface area contributed by atoms with Crippen LogP contribution in [0, 0.1) is 11.8 Å². The number of rotatable bonds is 3. The molecule has 0 spiro atoms. The van der Waals surface area contributed by atoms with E-state index in [0.29, 0.717) is 33.4 Å². The molecule has 1 N–H and O–H groups in total. The van der Waals surface area contributed by atoms with Gasteiger partial charge in [0.2, 0.25) is 5.91 Å². The van der Waals surface area contributed by atoms with E-state index in [2.05, 4.69) is 28.8 Å². The Morgan fingerprint density at radius 2 is 2.18 bits per heavy atom. The summed E-state index contributed by atoms with van der Waals surface area (Å²) in [5, 5.41) is 1.27. The molecule has 5 nitrogen and oxygen atoms in total.